The van der Waals surface area contributed by atoms with Crippen LogP contribution in [0.25, 0.3) is 6.08 Å². The van der Waals surface area contributed by atoms with E-state index in [2.05, 4.69) is 0 Å². The largest absolute Gasteiger partial charge is 0.270 e. The Balaban J connectivity index is 1.97. The van der Waals surface area contributed by atoms with Crippen LogP contribution in [0.3, 0.4) is 0 Å². The van der Waals surface area contributed by atoms with Crippen molar-refractivity contribution < 1.29 is 4.79 Å². The minimum atomic E-state index is -0.210. The minimum Gasteiger partial charge on any atom is -0.268 e. The number of halogens is 3. The van der Waals surface area contributed by atoms with Gasteiger partial charge in [-0.3, -0.25) is 9.69 Å². The summed E-state index contributed by atoms with van der Waals surface area (Å²) in [7, 11) is 0. The predicted octanol–water partition coefficient (Wildman–Crippen LogP) is 6.05. The van der Waals surface area contributed by atoms with Gasteiger partial charge in [0.05, 0.1) is 20.6 Å². The van der Waals surface area contributed by atoms with Gasteiger partial charge in [0.25, 0.3) is 5.91 Å². The Morgan fingerprint density at radius 1 is 1.00 bits per heavy atom. The average Bonchev–Trinajstić information content (AvgIpc) is 2.79. The van der Waals surface area contributed by atoms with E-state index in [0.29, 0.717) is 30.0 Å². The van der Waals surface area contributed by atoms with Crippen LogP contribution in [0.4, 0.5) is 5.69 Å². The molecule has 1 aliphatic heterocycles. The van der Waals surface area contributed by atoms with E-state index >= 15 is 0 Å². The molecule has 2 aromatic carbocycles. The molecule has 0 saturated carbocycles. The zero-order valence-corrected chi connectivity index (χ0v) is 15.3. The molecule has 0 spiro atoms. The first-order chi connectivity index (χ1) is 11.0. The van der Waals surface area contributed by atoms with E-state index in [-0.39, 0.29) is 5.91 Å². The third kappa shape index (κ3) is 3.42. The summed E-state index contributed by atoms with van der Waals surface area (Å²) in [4.78, 5) is 14.6. The number of carbonyl (C=O) groups excluding carboxylic acids is 1. The summed E-state index contributed by atoms with van der Waals surface area (Å²) in [5.41, 5.74) is 1.35. The van der Waals surface area contributed by atoms with Gasteiger partial charge in [0.1, 0.15) is 0 Å². The van der Waals surface area contributed by atoms with E-state index in [1.54, 1.807) is 30.3 Å². The summed E-state index contributed by atoms with van der Waals surface area (Å²) in [5.74, 6) is -0.210. The Morgan fingerprint density at radius 2 is 1.74 bits per heavy atom. The lowest BCUT2D eigenvalue weighted by molar-refractivity contribution is -0.113. The number of anilines is 1. The van der Waals surface area contributed by atoms with Gasteiger partial charge in [0.2, 0.25) is 0 Å². The molecular formula is C16H8Cl3NOS2. The molecular weight excluding hydrogens is 393 g/mol. The number of amides is 1. The SMILES string of the molecule is O=C1/C(=C\c2ccccc2Cl)SC(=S)N1c1ccc(Cl)c(Cl)c1. The summed E-state index contributed by atoms with van der Waals surface area (Å²) in [6.07, 6.45) is 1.74. The molecule has 0 aliphatic carbocycles. The summed E-state index contributed by atoms with van der Waals surface area (Å²) >= 11 is 24.6. The third-order valence-electron chi connectivity index (χ3n) is 3.15. The normalized spacial score (nSPS) is 16.5. The number of nitrogens with zero attached hydrogens (tertiary/aromatic N) is 1. The van der Waals surface area contributed by atoms with Gasteiger partial charge in [-0.05, 0) is 35.9 Å². The molecule has 1 fully saturated rings. The summed E-state index contributed by atoms with van der Waals surface area (Å²) < 4.78 is 0.437. The molecule has 23 heavy (non-hydrogen) atoms. The van der Waals surface area contributed by atoms with Crippen molar-refractivity contribution in [1.82, 2.24) is 0 Å². The van der Waals surface area contributed by atoms with Gasteiger partial charge in [0, 0.05) is 5.02 Å². The van der Waals surface area contributed by atoms with E-state index in [4.69, 9.17) is 47.0 Å². The highest BCUT2D eigenvalue weighted by molar-refractivity contribution is 8.27. The Labute approximate surface area is 158 Å². The van der Waals surface area contributed by atoms with Crippen molar-refractivity contribution in [1.29, 1.82) is 0 Å². The minimum absolute atomic E-state index is 0.210. The van der Waals surface area contributed by atoms with Crippen molar-refractivity contribution in [3.05, 3.63) is 68.0 Å². The fourth-order valence-electron chi connectivity index (χ4n) is 2.05. The predicted molar refractivity (Wildman–Crippen MR) is 104 cm³/mol. The molecule has 0 atom stereocenters. The summed E-state index contributed by atoms with van der Waals surface area (Å²) in [5, 5.41) is 1.37. The number of benzene rings is 2. The second-order valence-corrected chi connectivity index (χ2v) is 7.53. The summed E-state index contributed by atoms with van der Waals surface area (Å²) in [6.45, 7) is 0. The maximum absolute atomic E-state index is 12.7. The highest BCUT2D eigenvalue weighted by Crippen LogP contribution is 2.38. The quantitative estimate of drug-likeness (QED) is 0.452. The van der Waals surface area contributed by atoms with Gasteiger partial charge in [-0.25, -0.2) is 0 Å². The Morgan fingerprint density at radius 3 is 2.43 bits per heavy atom. The monoisotopic (exact) mass is 399 g/mol. The molecule has 116 valence electrons. The molecule has 2 nitrogen and oxygen atoms in total. The first kappa shape index (κ1) is 16.8. The fraction of sp³-hybridized carbons (Fsp3) is 0. The van der Waals surface area contributed by atoms with Gasteiger partial charge < -0.3 is 0 Å². The van der Waals surface area contributed by atoms with Crippen molar-refractivity contribution in [2.75, 3.05) is 4.90 Å². The van der Waals surface area contributed by atoms with Gasteiger partial charge >= 0.3 is 0 Å². The zero-order valence-electron chi connectivity index (χ0n) is 11.4. The number of hydrogen-bond acceptors (Lipinski definition) is 3. The molecule has 1 aliphatic rings. The lowest BCUT2D eigenvalue weighted by Crippen LogP contribution is -2.27. The van der Waals surface area contributed by atoms with Crippen LogP contribution < -0.4 is 4.90 Å². The van der Waals surface area contributed by atoms with Crippen LogP contribution in [0.5, 0.6) is 0 Å². The Hall–Kier alpha value is -1.04. The van der Waals surface area contributed by atoms with Crippen LogP contribution in [0, 0.1) is 0 Å². The number of carbonyl (C=O) groups is 1. The molecule has 1 heterocycles. The fourth-order valence-corrected chi connectivity index (χ4v) is 3.82. The van der Waals surface area contributed by atoms with Crippen molar-refractivity contribution in [3.8, 4) is 0 Å². The van der Waals surface area contributed by atoms with Crippen molar-refractivity contribution in [3.63, 3.8) is 0 Å². The van der Waals surface area contributed by atoms with E-state index in [0.717, 1.165) is 5.56 Å². The van der Waals surface area contributed by atoms with E-state index in [1.165, 1.54) is 16.7 Å². The molecule has 7 heteroatoms. The second kappa shape index (κ2) is 6.83. The van der Waals surface area contributed by atoms with Crippen molar-refractivity contribution >= 4 is 80.8 Å². The topological polar surface area (TPSA) is 20.3 Å². The zero-order chi connectivity index (χ0) is 16.6. The number of rotatable bonds is 2. The first-order valence-corrected chi connectivity index (χ1v) is 8.81. The highest BCUT2D eigenvalue weighted by Gasteiger charge is 2.33. The van der Waals surface area contributed by atoms with E-state index < -0.39 is 0 Å². The van der Waals surface area contributed by atoms with Crippen LogP contribution >= 0.6 is 58.8 Å². The van der Waals surface area contributed by atoms with E-state index in [1.807, 2.05) is 18.2 Å². The van der Waals surface area contributed by atoms with E-state index in [9.17, 15) is 4.79 Å². The van der Waals surface area contributed by atoms with Gasteiger partial charge in [-0.1, -0.05) is 77.0 Å². The van der Waals surface area contributed by atoms with Crippen LogP contribution in [-0.4, -0.2) is 10.2 Å². The average molecular weight is 401 g/mol. The van der Waals surface area contributed by atoms with Crippen molar-refractivity contribution in [2.24, 2.45) is 0 Å². The maximum atomic E-state index is 12.7. The van der Waals surface area contributed by atoms with Crippen LogP contribution in [0.1, 0.15) is 5.56 Å². The molecule has 1 amide bonds. The Kier molecular flexibility index (Phi) is 4.99. The first-order valence-electron chi connectivity index (χ1n) is 6.45. The molecule has 0 N–H and O–H groups in total. The van der Waals surface area contributed by atoms with Crippen LogP contribution in [0.15, 0.2) is 47.4 Å². The number of hydrogen-bond donors (Lipinski definition) is 0. The third-order valence-corrected chi connectivity index (χ3v) is 5.53. The summed E-state index contributed by atoms with van der Waals surface area (Å²) in [6, 6.07) is 12.3. The molecule has 0 bridgehead atoms. The smallest absolute Gasteiger partial charge is 0.268 e. The lowest BCUT2D eigenvalue weighted by Gasteiger charge is -2.15. The molecule has 3 rings (SSSR count). The maximum Gasteiger partial charge on any atom is 0.270 e. The highest BCUT2D eigenvalue weighted by atomic mass is 35.5. The molecule has 1 saturated heterocycles. The van der Waals surface area contributed by atoms with Gasteiger partial charge in [0.15, 0.2) is 4.32 Å². The van der Waals surface area contributed by atoms with Gasteiger partial charge in [-0.2, -0.15) is 0 Å². The van der Waals surface area contributed by atoms with Crippen LogP contribution in [0.2, 0.25) is 15.1 Å². The molecule has 0 unspecified atom stereocenters. The van der Waals surface area contributed by atoms with Gasteiger partial charge in [-0.15, -0.1) is 0 Å². The number of thiocarbonyl (C=S) groups is 1. The number of thioether (sulfide) groups is 1. The molecule has 2 aromatic rings. The lowest BCUT2D eigenvalue weighted by atomic mass is 10.2. The standard InChI is InChI=1S/C16H8Cl3NOS2/c17-11-4-2-1-3-9(11)7-14-15(21)20(16(22)23-14)10-5-6-12(18)13(19)8-10/h1-8H/b14-7+. The Bertz CT molecular complexity index is 851. The molecule has 0 radical (unpaired) electrons. The molecule has 0 aromatic heterocycles. The second-order valence-electron chi connectivity index (χ2n) is 4.64. The van der Waals surface area contributed by atoms with Crippen LogP contribution in [-0.2, 0) is 4.79 Å². The van der Waals surface area contributed by atoms with Crippen molar-refractivity contribution in [2.45, 2.75) is 0 Å².